The first-order chi connectivity index (χ1) is 11.1. The summed E-state index contributed by atoms with van der Waals surface area (Å²) in [6.45, 7) is 3.27. The Balaban J connectivity index is 1.65. The molecule has 0 bridgehead atoms. The van der Waals surface area contributed by atoms with Crippen molar-refractivity contribution in [3.05, 3.63) is 65.7 Å². The van der Waals surface area contributed by atoms with E-state index in [-0.39, 0.29) is 18.4 Å². The molecule has 1 aliphatic heterocycles. The number of benzene rings is 2. The highest BCUT2D eigenvalue weighted by molar-refractivity contribution is 5.98. The molecule has 23 heavy (non-hydrogen) atoms. The lowest BCUT2D eigenvalue weighted by atomic mass is 10.1. The van der Waals surface area contributed by atoms with Crippen molar-refractivity contribution in [2.45, 2.75) is 13.3 Å². The van der Waals surface area contributed by atoms with Crippen LogP contribution in [0.4, 0.5) is 5.69 Å². The molecule has 0 radical (unpaired) electrons. The molecule has 1 saturated heterocycles. The number of carbonyl (C=O) groups excluding carboxylic acids is 2. The van der Waals surface area contributed by atoms with Gasteiger partial charge < -0.3 is 9.80 Å². The topological polar surface area (TPSA) is 40.6 Å². The molecule has 0 aromatic heterocycles. The summed E-state index contributed by atoms with van der Waals surface area (Å²) in [5, 5.41) is 0. The first kappa shape index (κ1) is 15.3. The quantitative estimate of drug-likeness (QED) is 0.873. The van der Waals surface area contributed by atoms with Crippen LogP contribution in [0.1, 0.15) is 11.1 Å². The fourth-order valence-electron chi connectivity index (χ4n) is 2.85. The van der Waals surface area contributed by atoms with Gasteiger partial charge in [-0.05, 0) is 30.2 Å². The van der Waals surface area contributed by atoms with Crippen LogP contribution in [0.3, 0.4) is 0 Å². The lowest BCUT2D eigenvalue weighted by molar-refractivity contribution is -0.136. The standard InChI is InChI=1S/C19H20N2O2/c1-15-7-5-6-8-16(15)13-18(22)20-11-12-21(19(23)14-20)17-9-3-2-4-10-17/h2-10H,11-14H2,1H3. The van der Waals surface area contributed by atoms with Gasteiger partial charge in [-0.2, -0.15) is 0 Å². The van der Waals surface area contributed by atoms with Crippen molar-refractivity contribution in [2.75, 3.05) is 24.5 Å². The van der Waals surface area contributed by atoms with Crippen molar-refractivity contribution in [3.8, 4) is 0 Å². The summed E-state index contributed by atoms with van der Waals surface area (Å²) in [6, 6.07) is 17.5. The maximum Gasteiger partial charge on any atom is 0.246 e. The maximum absolute atomic E-state index is 12.5. The van der Waals surface area contributed by atoms with Gasteiger partial charge in [0.1, 0.15) is 6.54 Å². The van der Waals surface area contributed by atoms with E-state index in [0.717, 1.165) is 16.8 Å². The fourth-order valence-corrected chi connectivity index (χ4v) is 2.85. The van der Waals surface area contributed by atoms with Crippen LogP contribution in [0.5, 0.6) is 0 Å². The fraction of sp³-hybridized carbons (Fsp3) is 0.263. The molecule has 1 heterocycles. The van der Waals surface area contributed by atoms with Crippen LogP contribution in [-0.2, 0) is 16.0 Å². The van der Waals surface area contributed by atoms with E-state index >= 15 is 0 Å². The Morgan fingerprint density at radius 2 is 1.70 bits per heavy atom. The molecule has 2 amide bonds. The zero-order valence-corrected chi connectivity index (χ0v) is 13.2. The Bertz CT molecular complexity index is 712. The van der Waals surface area contributed by atoms with Gasteiger partial charge in [-0.1, -0.05) is 42.5 Å². The van der Waals surface area contributed by atoms with E-state index in [2.05, 4.69) is 0 Å². The second-order valence-electron chi connectivity index (χ2n) is 5.80. The van der Waals surface area contributed by atoms with Crippen LogP contribution in [-0.4, -0.2) is 36.3 Å². The summed E-state index contributed by atoms with van der Waals surface area (Å²) in [5.74, 6) is -0.0130. The summed E-state index contributed by atoms with van der Waals surface area (Å²) in [4.78, 5) is 28.2. The largest absolute Gasteiger partial charge is 0.331 e. The minimum Gasteiger partial charge on any atom is -0.331 e. The highest BCUT2D eigenvalue weighted by Crippen LogP contribution is 2.17. The Labute approximate surface area is 136 Å². The maximum atomic E-state index is 12.5. The lowest BCUT2D eigenvalue weighted by Gasteiger charge is -2.34. The Hall–Kier alpha value is -2.62. The summed E-state index contributed by atoms with van der Waals surface area (Å²) in [5.41, 5.74) is 3.02. The van der Waals surface area contributed by atoms with Crippen molar-refractivity contribution >= 4 is 17.5 Å². The first-order valence-corrected chi connectivity index (χ1v) is 7.83. The van der Waals surface area contributed by atoms with Gasteiger partial charge in [0.15, 0.2) is 0 Å². The summed E-state index contributed by atoms with van der Waals surface area (Å²) < 4.78 is 0. The third kappa shape index (κ3) is 3.42. The van der Waals surface area contributed by atoms with E-state index in [1.54, 1.807) is 9.80 Å². The predicted molar refractivity (Wildman–Crippen MR) is 90.3 cm³/mol. The number of nitrogens with zero attached hydrogens (tertiary/aromatic N) is 2. The molecule has 0 atom stereocenters. The molecule has 0 aliphatic carbocycles. The number of anilines is 1. The van der Waals surface area contributed by atoms with E-state index in [4.69, 9.17) is 0 Å². The van der Waals surface area contributed by atoms with Gasteiger partial charge in [0, 0.05) is 18.8 Å². The van der Waals surface area contributed by atoms with Crippen molar-refractivity contribution in [2.24, 2.45) is 0 Å². The van der Waals surface area contributed by atoms with Crippen LogP contribution in [0, 0.1) is 6.92 Å². The summed E-state index contributed by atoms with van der Waals surface area (Å²) >= 11 is 0. The first-order valence-electron chi connectivity index (χ1n) is 7.83. The van der Waals surface area contributed by atoms with E-state index in [1.165, 1.54) is 0 Å². The number of rotatable bonds is 3. The number of piperazine rings is 1. The molecule has 0 N–H and O–H groups in total. The van der Waals surface area contributed by atoms with Crippen LogP contribution >= 0.6 is 0 Å². The third-order valence-electron chi connectivity index (χ3n) is 4.24. The number of para-hydroxylation sites is 1. The number of aryl methyl sites for hydroxylation is 1. The van der Waals surface area contributed by atoms with Gasteiger partial charge in [0.25, 0.3) is 0 Å². The summed E-state index contributed by atoms with van der Waals surface area (Å²) in [7, 11) is 0. The molecule has 1 fully saturated rings. The monoisotopic (exact) mass is 308 g/mol. The number of hydrogen-bond acceptors (Lipinski definition) is 2. The van der Waals surface area contributed by atoms with Gasteiger partial charge in [-0.3, -0.25) is 9.59 Å². The molecule has 0 spiro atoms. The van der Waals surface area contributed by atoms with E-state index in [1.807, 2.05) is 61.5 Å². The minimum atomic E-state index is -0.0272. The average Bonchev–Trinajstić information content (AvgIpc) is 2.57. The lowest BCUT2D eigenvalue weighted by Crippen LogP contribution is -2.52. The molecular formula is C19H20N2O2. The van der Waals surface area contributed by atoms with Crippen molar-refractivity contribution in [1.82, 2.24) is 4.90 Å². The van der Waals surface area contributed by atoms with Crippen molar-refractivity contribution in [3.63, 3.8) is 0 Å². The molecule has 2 aromatic carbocycles. The van der Waals surface area contributed by atoms with Crippen LogP contribution < -0.4 is 4.90 Å². The van der Waals surface area contributed by atoms with Gasteiger partial charge in [-0.25, -0.2) is 0 Å². The summed E-state index contributed by atoms with van der Waals surface area (Å²) in [6.07, 6.45) is 0.352. The molecule has 4 heteroatoms. The van der Waals surface area contributed by atoms with E-state index in [0.29, 0.717) is 19.5 Å². The minimum absolute atomic E-state index is 0.0142. The SMILES string of the molecule is Cc1ccccc1CC(=O)N1CCN(c2ccccc2)C(=O)C1. The number of carbonyl (C=O) groups is 2. The molecule has 0 unspecified atom stereocenters. The molecule has 3 rings (SSSR count). The predicted octanol–water partition coefficient (Wildman–Crippen LogP) is 2.41. The van der Waals surface area contributed by atoms with Crippen molar-refractivity contribution < 1.29 is 9.59 Å². The second-order valence-corrected chi connectivity index (χ2v) is 5.80. The smallest absolute Gasteiger partial charge is 0.246 e. The van der Waals surface area contributed by atoms with Crippen LogP contribution in [0.15, 0.2) is 54.6 Å². The molecular weight excluding hydrogens is 288 g/mol. The molecule has 4 nitrogen and oxygen atoms in total. The van der Waals surface area contributed by atoms with E-state index < -0.39 is 0 Å². The van der Waals surface area contributed by atoms with E-state index in [9.17, 15) is 9.59 Å². The molecule has 1 aliphatic rings. The Morgan fingerprint density at radius 1 is 1.00 bits per heavy atom. The van der Waals surface area contributed by atoms with Crippen molar-refractivity contribution in [1.29, 1.82) is 0 Å². The molecule has 118 valence electrons. The van der Waals surface area contributed by atoms with Gasteiger partial charge in [0.05, 0.1) is 6.42 Å². The third-order valence-corrected chi connectivity index (χ3v) is 4.24. The normalized spacial score (nSPS) is 14.9. The van der Waals surface area contributed by atoms with Gasteiger partial charge in [0.2, 0.25) is 11.8 Å². The van der Waals surface area contributed by atoms with Crippen LogP contribution in [0.2, 0.25) is 0 Å². The highest BCUT2D eigenvalue weighted by Gasteiger charge is 2.27. The molecule has 2 aromatic rings. The molecule has 0 saturated carbocycles. The zero-order chi connectivity index (χ0) is 16.2. The Morgan fingerprint density at radius 3 is 2.39 bits per heavy atom. The average molecular weight is 308 g/mol. The number of hydrogen-bond donors (Lipinski definition) is 0. The highest BCUT2D eigenvalue weighted by atomic mass is 16.2. The number of amides is 2. The second kappa shape index (κ2) is 6.65. The van der Waals surface area contributed by atoms with Gasteiger partial charge in [-0.15, -0.1) is 0 Å². The Kier molecular flexibility index (Phi) is 4.42. The van der Waals surface area contributed by atoms with Crippen LogP contribution in [0.25, 0.3) is 0 Å². The van der Waals surface area contributed by atoms with Gasteiger partial charge >= 0.3 is 0 Å². The zero-order valence-electron chi connectivity index (χ0n) is 13.2.